The number of nitrogen functional groups attached to an aromatic ring is 1. The molecule has 2 heterocycles. The van der Waals surface area contributed by atoms with Crippen LogP contribution in [-0.4, -0.2) is 27.6 Å². The Morgan fingerprint density at radius 3 is 2.60 bits per heavy atom. The van der Waals surface area contributed by atoms with Gasteiger partial charge in [-0.2, -0.15) is 0 Å². The van der Waals surface area contributed by atoms with Gasteiger partial charge in [0.2, 0.25) is 0 Å². The van der Waals surface area contributed by atoms with Gasteiger partial charge >= 0.3 is 6.09 Å². The van der Waals surface area contributed by atoms with E-state index >= 15 is 0 Å². The van der Waals surface area contributed by atoms with E-state index in [1.807, 2.05) is 37.3 Å². The van der Waals surface area contributed by atoms with Crippen LogP contribution in [0.1, 0.15) is 10.6 Å². The van der Waals surface area contributed by atoms with Gasteiger partial charge < -0.3 is 15.8 Å². The molecule has 25 heavy (non-hydrogen) atoms. The highest BCUT2D eigenvalue weighted by atomic mass is 32.1. The summed E-state index contributed by atoms with van der Waals surface area (Å²) < 4.78 is 5.17. The number of aryl methyl sites for hydroxylation is 1. The molecule has 3 rings (SSSR count). The lowest BCUT2D eigenvalue weighted by atomic mass is 10.2. The average molecular weight is 355 g/mol. The Kier molecular flexibility index (Phi) is 5.20. The Balaban J connectivity index is 1.50. The van der Waals surface area contributed by atoms with Crippen molar-refractivity contribution >= 4 is 22.6 Å². The lowest BCUT2D eigenvalue weighted by Gasteiger charge is -2.06. The lowest BCUT2D eigenvalue weighted by molar-refractivity contribution is 0.200. The van der Waals surface area contributed by atoms with Crippen molar-refractivity contribution in [3.63, 3.8) is 0 Å². The molecule has 2 aromatic heterocycles. The number of aromatic nitrogens is 3. The van der Waals surface area contributed by atoms with E-state index in [0.717, 1.165) is 16.1 Å². The highest BCUT2D eigenvalue weighted by molar-refractivity contribution is 7.15. The molecule has 0 aliphatic heterocycles. The number of carbonyl (C=O) groups excluding carboxylic acids is 1. The van der Waals surface area contributed by atoms with Crippen LogP contribution in [0.5, 0.6) is 5.75 Å². The molecule has 0 radical (unpaired) electrons. The third-order valence-electron chi connectivity index (χ3n) is 3.40. The molecule has 0 spiro atoms. The molecule has 0 saturated carbocycles. The highest BCUT2D eigenvalue weighted by Gasteiger charge is 2.08. The quantitative estimate of drug-likeness (QED) is 0.729. The van der Waals surface area contributed by atoms with Crippen molar-refractivity contribution in [3.8, 4) is 17.1 Å². The Hall–Kier alpha value is -3.00. The number of anilines is 1. The summed E-state index contributed by atoms with van der Waals surface area (Å²) in [6.45, 7) is 2.33. The molecule has 1 amide bonds. The number of benzene rings is 1. The Labute approximate surface area is 148 Å². The molecule has 0 aliphatic rings. The molecule has 0 fully saturated rings. The summed E-state index contributed by atoms with van der Waals surface area (Å²) in [5.41, 5.74) is 7.44. The summed E-state index contributed by atoms with van der Waals surface area (Å²) in [5.74, 6) is 0.863. The van der Waals surface area contributed by atoms with Crippen molar-refractivity contribution in [3.05, 3.63) is 53.3 Å². The standard InChI is InChI=1S/C17H17N5O2S/c1-11-14(25-16(18)22-11)7-8-19-17(23)24-13-9-20-15(21-10-13)12-5-3-2-4-6-12/h2-6,9-10H,7-8H2,1H3,(H2,18,22)(H,19,23). The second-order valence-electron chi connectivity index (χ2n) is 5.24. The number of hydrogen-bond acceptors (Lipinski definition) is 7. The zero-order valence-corrected chi connectivity index (χ0v) is 14.4. The number of nitrogens with two attached hydrogens (primary N) is 1. The fourth-order valence-corrected chi connectivity index (χ4v) is 3.04. The molecule has 3 aromatic rings. The molecular formula is C17H17N5O2S. The van der Waals surface area contributed by atoms with E-state index in [1.54, 1.807) is 0 Å². The number of thiazole rings is 1. The van der Waals surface area contributed by atoms with Crippen molar-refractivity contribution in [2.24, 2.45) is 0 Å². The van der Waals surface area contributed by atoms with Crippen LogP contribution in [0.3, 0.4) is 0 Å². The molecule has 3 N–H and O–H groups in total. The topological polar surface area (TPSA) is 103 Å². The number of rotatable bonds is 5. The fraction of sp³-hybridized carbons (Fsp3) is 0.176. The summed E-state index contributed by atoms with van der Waals surface area (Å²) in [6.07, 6.45) is 3.05. The molecule has 8 heteroatoms. The molecule has 0 aliphatic carbocycles. The Morgan fingerprint density at radius 2 is 1.96 bits per heavy atom. The molecule has 0 unspecified atom stereocenters. The predicted octanol–water partition coefficient (Wildman–Crippen LogP) is 2.82. The van der Waals surface area contributed by atoms with E-state index in [0.29, 0.717) is 23.9 Å². The van der Waals surface area contributed by atoms with Gasteiger partial charge in [0.25, 0.3) is 0 Å². The monoisotopic (exact) mass is 355 g/mol. The van der Waals surface area contributed by atoms with E-state index in [1.165, 1.54) is 23.7 Å². The van der Waals surface area contributed by atoms with Gasteiger partial charge in [-0.25, -0.2) is 19.7 Å². The van der Waals surface area contributed by atoms with Crippen molar-refractivity contribution in [1.29, 1.82) is 0 Å². The first-order valence-corrected chi connectivity index (χ1v) is 8.48. The minimum Gasteiger partial charge on any atom is -0.407 e. The number of amides is 1. The third-order valence-corrected chi connectivity index (χ3v) is 4.45. The first-order valence-electron chi connectivity index (χ1n) is 7.67. The summed E-state index contributed by atoms with van der Waals surface area (Å²) in [5, 5.41) is 3.22. The molecule has 128 valence electrons. The highest BCUT2D eigenvalue weighted by Crippen LogP contribution is 2.19. The summed E-state index contributed by atoms with van der Waals surface area (Å²) in [6, 6.07) is 9.57. The van der Waals surface area contributed by atoms with Gasteiger partial charge in [-0.1, -0.05) is 30.3 Å². The summed E-state index contributed by atoms with van der Waals surface area (Å²) in [4.78, 5) is 25.4. The maximum atomic E-state index is 11.8. The molecular weight excluding hydrogens is 338 g/mol. The molecule has 0 bridgehead atoms. The second-order valence-corrected chi connectivity index (χ2v) is 6.35. The molecule has 7 nitrogen and oxygen atoms in total. The van der Waals surface area contributed by atoms with Crippen LogP contribution in [0.4, 0.5) is 9.93 Å². The predicted molar refractivity (Wildman–Crippen MR) is 96.5 cm³/mol. The van der Waals surface area contributed by atoms with E-state index in [2.05, 4.69) is 20.3 Å². The van der Waals surface area contributed by atoms with Gasteiger partial charge in [-0.3, -0.25) is 0 Å². The van der Waals surface area contributed by atoms with Crippen molar-refractivity contribution in [2.45, 2.75) is 13.3 Å². The maximum Gasteiger partial charge on any atom is 0.412 e. The largest absolute Gasteiger partial charge is 0.412 e. The summed E-state index contributed by atoms with van der Waals surface area (Å²) >= 11 is 1.42. The normalized spacial score (nSPS) is 10.4. The lowest BCUT2D eigenvalue weighted by Crippen LogP contribution is -2.28. The Morgan fingerprint density at radius 1 is 1.24 bits per heavy atom. The minimum absolute atomic E-state index is 0.287. The van der Waals surface area contributed by atoms with Crippen LogP contribution in [0.25, 0.3) is 11.4 Å². The van der Waals surface area contributed by atoms with Crippen molar-refractivity contribution in [1.82, 2.24) is 20.3 Å². The molecule has 0 atom stereocenters. The van der Waals surface area contributed by atoms with Gasteiger partial charge in [0.15, 0.2) is 16.7 Å². The van der Waals surface area contributed by atoms with Crippen LogP contribution in [0.15, 0.2) is 42.7 Å². The van der Waals surface area contributed by atoms with Crippen LogP contribution in [0.2, 0.25) is 0 Å². The van der Waals surface area contributed by atoms with Gasteiger partial charge in [0.05, 0.1) is 18.1 Å². The first kappa shape index (κ1) is 16.8. The van der Waals surface area contributed by atoms with E-state index in [-0.39, 0.29) is 5.75 Å². The van der Waals surface area contributed by atoms with E-state index in [9.17, 15) is 4.79 Å². The van der Waals surface area contributed by atoms with E-state index < -0.39 is 6.09 Å². The van der Waals surface area contributed by atoms with Crippen LogP contribution < -0.4 is 15.8 Å². The average Bonchev–Trinajstić information content (AvgIpc) is 2.94. The van der Waals surface area contributed by atoms with Gasteiger partial charge in [0, 0.05) is 23.4 Å². The van der Waals surface area contributed by atoms with Crippen LogP contribution in [0, 0.1) is 6.92 Å². The second kappa shape index (κ2) is 7.71. The number of nitrogens with one attached hydrogen (secondary N) is 1. The SMILES string of the molecule is Cc1nc(N)sc1CCNC(=O)Oc1cnc(-c2ccccc2)nc1. The number of hydrogen-bond donors (Lipinski definition) is 2. The fourth-order valence-electron chi connectivity index (χ4n) is 2.21. The number of carbonyl (C=O) groups is 1. The third kappa shape index (κ3) is 4.51. The Bertz CT molecular complexity index is 849. The minimum atomic E-state index is -0.550. The van der Waals surface area contributed by atoms with Crippen LogP contribution >= 0.6 is 11.3 Å². The molecule has 0 saturated heterocycles. The zero-order valence-electron chi connectivity index (χ0n) is 13.6. The smallest absolute Gasteiger partial charge is 0.407 e. The van der Waals surface area contributed by atoms with Crippen LogP contribution in [-0.2, 0) is 6.42 Å². The van der Waals surface area contributed by atoms with E-state index in [4.69, 9.17) is 10.5 Å². The molecule has 1 aromatic carbocycles. The van der Waals surface area contributed by atoms with Crippen molar-refractivity contribution in [2.75, 3.05) is 12.3 Å². The van der Waals surface area contributed by atoms with Gasteiger partial charge in [0.1, 0.15) is 0 Å². The number of nitrogens with zero attached hydrogens (tertiary/aromatic N) is 3. The zero-order chi connectivity index (χ0) is 17.6. The maximum absolute atomic E-state index is 11.8. The van der Waals surface area contributed by atoms with Gasteiger partial charge in [-0.15, -0.1) is 11.3 Å². The first-order chi connectivity index (χ1) is 12.1. The summed E-state index contributed by atoms with van der Waals surface area (Å²) in [7, 11) is 0. The van der Waals surface area contributed by atoms with Crippen molar-refractivity contribution < 1.29 is 9.53 Å². The van der Waals surface area contributed by atoms with Gasteiger partial charge in [-0.05, 0) is 6.92 Å². The number of ether oxygens (including phenoxy) is 1.